The largest absolute Gasteiger partial charge is 0.328 e. The van der Waals surface area contributed by atoms with E-state index in [1.165, 1.54) is 18.2 Å². The summed E-state index contributed by atoms with van der Waals surface area (Å²) in [5.41, 5.74) is 5.88. The van der Waals surface area contributed by atoms with E-state index < -0.39 is 23.5 Å². The third kappa shape index (κ3) is 3.03. The third-order valence-corrected chi connectivity index (χ3v) is 2.72. The van der Waals surface area contributed by atoms with Gasteiger partial charge in [0.05, 0.1) is 0 Å². The van der Waals surface area contributed by atoms with E-state index in [4.69, 9.17) is 5.73 Å². The van der Waals surface area contributed by atoms with E-state index in [0.29, 0.717) is 12.0 Å². The van der Waals surface area contributed by atoms with Crippen LogP contribution in [0.3, 0.4) is 0 Å². The molecule has 1 aromatic carbocycles. The Bertz CT molecular complexity index is 555. The molecule has 2 rings (SSSR count). The molecule has 0 fully saturated rings. The summed E-state index contributed by atoms with van der Waals surface area (Å²) < 4.78 is 13.1. The summed E-state index contributed by atoms with van der Waals surface area (Å²) in [5, 5.41) is 2.53. The monoisotopic (exact) mass is 263 g/mol. The zero-order valence-electron chi connectivity index (χ0n) is 10.4. The summed E-state index contributed by atoms with van der Waals surface area (Å²) in [4.78, 5) is 27.6. The molecule has 2 unspecified atom stereocenters. The minimum atomic E-state index is -1.09. The van der Waals surface area contributed by atoms with Crippen molar-refractivity contribution in [3.8, 4) is 0 Å². The summed E-state index contributed by atoms with van der Waals surface area (Å²) in [5.74, 6) is -2.42. The Labute approximate surface area is 109 Å². The van der Waals surface area contributed by atoms with E-state index in [9.17, 15) is 14.0 Å². The number of amides is 2. The molecule has 2 atom stereocenters. The van der Waals surface area contributed by atoms with Crippen LogP contribution in [0.1, 0.15) is 24.8 Å². The quantitative estimate of drug-likeness (QED) is 0.787. The molecular weight excluding hydrogens is 249 g/mol. The van der Waals surface area contributed by atoms with Crippen LogP contribution >= 0.6 is 0 Å². The second-order valence-electron chi connectivity index (χ2n) is 4.56. The molecule has 0 radical (unpaired) electrons. The molecule has 0 aliphatic carbocycles. The number of benzene rings is 1. The van der Waals surface area contributed by atoms with Gasteiger partial charge in [0.25, 0.3) is 5.91 Å². The Morgan fingerprint density at radius 2 is 2.21 bits per heavy atom. The zero-order chi connectivity index (χ0) is 14.0. The highest BCUT2D eigenvalue weighted by Crippen LogP contribution is 2.21. The number of hydrogen-bond acceptors (Lipinski definition) is 3. The number of nitrogens with two attached hydrogens (primary N) is 1. The molecule has 0 spiro atoms. The summed E-state index contributed by atoms with van der Waals surface area (Å²) in [7, 11) is 0. The summed E-state index contributed by atoms with van der Waals surface area (Å²) >= 11 is 0. The number of aliphatic imine (C=N–C) groups is 1. The molecule has 1 aliphatic rings. The Morgan fingerprint density at radius 1 is 1.47 bits per heavy atom. The van der Waals surface area contributed by atoms with Gasteiger partial charge in [-0.1, -0.05) is 12.1 Å². The van der Waals surface area contributed by atoms with Gasteiger partial charge in [-0.05, 0) is 24.6 Å². The first-order chi connectivity index (χ1) is 8.97. The minimum absolute atomic E-state index is 0.211. The molecule has 2 amide bonds. The number of nitrogens with one attached hydrogen (secondary N) is 1. The van der Waals surface area contributed by atoms with Crippen LogP contribution in [0, 0.1) is 5.82 Å². The van der Waals surface area contributed by atoms with Crippen molar-refractivity contribution in [3.63, 3.8) is 0 Å². The van der Waals surface area contributed by atoms with Gasteiger partial charge in [-0.3, -0.25) is 9.59 Å². The molecule has 5 nitrogen and oxygen atoms in total. The molecule has 0 saturated carbocycles. The fraction of sp³-hybridized carbons (Fsp3) is 0.308. The Morgan fingerprint density at radius 3 is 2.79 bits per heavy atom. The van der Waals surface area contributed by atoms with Crippen molar-refractivity contribution in [2.45, 2.75) is 25.3 Å². The first kappa shape index (κ1) is 13.4. The third-order valence-electron chi connectivity index (χ3n) is 2.72. The Balaban J connectivity index is 2.27. The number of amidine groups is 1. The number of nitrogens with zero attached hydrogens (tertiary/aromatic N) is 1. The second kappa shape index (κ2) is 5.27. The smallest absolute Gasteiger partial charge is 0.264 e. The summed E-state index contributed by atoms with van der Waals surface area (Å²) in [6, 6.07) is 5.18. The van der Waals surface area contributed by atoms with Crippen LogP contribution in [0.15, 0.2) is 29.3 Å². The van der Waals surface area contributed by atoms with Crippen LogP contribution < -0.4 is 11.1 Å². The lowest BCUT2D eigenvalue weighted by Gasteiger charge is -2.21. The first-order valence-corrected chi connectivity index (χ1v) is 5.90. The molecule has 3 N–H and O–H groups in total. The van der Waals surface area contributed by atoms with E-state index in [-0.39, 0.29) is 11.9 Å². The van der Waals surface area contributed by atoms with Crippen LogP contribution in [-0.2, 0) is 9.59 Å². The predicted molar refractivity (Wildman–Crippen MR) is 68.0 cm³/mol. The summed E-state index contributed by atoms with van der Waals surface area (Å²) in [6.07, 6.45) is 0.313. The topological polar surface area (TPSA) is 84.5 Å². The van der Waals surface area contributed by atoms with E-state index >= 15 is 0 Å². The van der Waals surface area contributed by atoms with Gasteiger partial charge < -0.3 is 11.1 Å². The van der Waals surface area contributed by atoms with Crippen molar-refractivity contribution >= 4 is 17.6 Å². The van der Waals surface area contributed by atoms with E-state index in [1.54, 1.807) is 6.92 Å². The van der Waals surface area contributed by atoms with Crippen molar-refractivity contribution < 1.29 is 14.0 Å². The van der Waals surface area contributed by atoms with Gasteiger partial charge in [0.1, 0.15) is 17.6 Å². The fourth-order valence-corrected chi connectivity index (χ4v) is 1.93. The lowest BCUT2D eigenvalue weighted by Crippen LogP contribution is -2.44. The standard InChI is InChI=1S/C13H14FN3O2/c1-7(15)5-10-16-12(18)11(13(19)17-10)8-3-2-4-9(14)6-8/h2-4,6-7,11H,5,15H2,1H3,(H,16,17,18,19). The summed E-state index contributed by atoms with van der Waals surface area (Å²) in [6.45, 7) is 1.75. The second-order valence-corrected chi connectivity index (χ2v) is 4.56. The predicted octanol–water partition coefficient (Wildman–Crippen LogP) is 0.701. The Hall–Kier alpha value is -2.08. The molecule has 0 bridgehead atoms. The fourth-order valence-electron chi connectivity index (χ4n) is 1.93. The van der Waals surface area contributed by atoms with Crippen molar-refractivity contribution in [2.75, 3.05) is 0 Å². The molecule has 19 heavy (non-hydrogen) atoms. The number of carbonyl (C=O) groups is 2. The van der Waals surface area contributed by atoms with Crippen LogP contribution in [0.4, 0.5) is 4.39 Å². The first-order valence-electron chi connectivity index (χ1n) is 5.90. The minimum Gasteiger partial charge on any atom is -0.328 e. The van der Waals surface area contributed by atoms with E-state index in [2.05, 4.69) is 10.3 Å². The number of carbonyl (C=O) groups excluding carboxylic acids is 2. The molecule has 6 heteroatoms. The van der Waals surface area contributed by atoms with Gasteiger partial charge in [-0.25, -0.2) is 4.39 Å². The average molecular weight is 263 g/mol. The molecule has 0 saturated heterocycles. The van der Waals surface area contributed by atoms with Crippen LogP contribution in [0.2, 0.25) is 0 Å². The molecule has 1 heterocycles. The lowest BCUT2D eigenvalue weighted by molar-refractivity contribution is -0.129. The van der Waals surface area contributed by atoms with Crippen LogP contribution in [0.5, 0.6) is 0 Å². The van der Waals surface area contributed by atoms with Crippen LogP contribution in [0.25, 0.3) is 0 Å². The molecule has 1 aliphatic heterocycles. The maximum absolute atomic E-state index is 13.1. The van der Waals surface area contributed by atoms with Gasteiger partial charge in [0, 0.05) is 12.5 Å². The highest BCUT2D eigenvalue weighted by molar-refractivity contribution is 6.19. The average Bonchev–Trinajstić information content (AvgIpc) is 2.26. The number of halogens is 1. The van der Waals surface area contributed by atoms with Gasteiger partial charge in [0.15, 0.2) is 0 Å². The highest BCUT2D eigenvalue weighted by Gasteiger charge is 2.33. The van der Waals surface area contributed by atoms with Gasteiger partial charge in [-0.15, -0.1) is 0 Å². The normalized spacial score (nSPS) is 20.8. The number of rotatable bonds is 3. The molecular formula is C13H14FN3O2. The van der Waals surface area contributed by atoms with Gasteiger partial charge >= 0.3 is 0 Å². The number of hydrogen-bond donors (Lipinski definition) is 2. The van der Waals surface area contributed by atoms with E-state index in [1.807, 2.05) is 0 Å². The van der Waals surface area contributed by atoms with Gasteiger partial charge in [-0.2, -0.15) is 4.99 Å². The SMILES string of the molecule is CC(N)CC1=NC(=O)C(c2cccc(F)c2)C(=O)N1. The van der Waals surface area contributed by atoms with Crippen molar-refractivity contribution in [2.24, 2.45) is 10.7 Å². The van der Waals surface area contributed by atoms with Crippen molar-refractivity contribution in [1.29, 1.82) is 0 Å². The maximum Gasteiger partial charge on any atom is 0.264 e. The van der Waals surface area contributed by atoms with Crippen LogP contribution in [-0.4, -0.2) is 23.7 Å². The van der Waals surface area contributed by atoms with Crippen molar-refractivity contribution in [3.05, 3.63) is 35.6 Å². The maximum atomic E-state index is 13.1. The highest BCUT2D eigenvalue weighted by atomic mass is 19.1. The lowest BCUT2D eigenvalue weighted by atomic mass is 9.96. The van der Waals surface area contributed by atoms with Gasteiger partial charge in [0.2, 0.25) is 5.91 Å². The molecule has 0 aromatic heterocycles. The molecule has 1 aromatic rings. The van der Waals surface area contributed by atoms with Crippen molar-refractivity contribution in [1.82, 2.24) is 5.32 Å². The Kier molecular flexibility index (Phi) is 3.71. The zero-order valence-corrected chi connectivity index (χ0v) is 10.4. The molecule has 100 valence electrons. The van der Waals surface area contributed by atoms with E-state index in [0.717, 1.165) is 6.07 Å².